The minimum atomic E-state index is -1.37. The third kappa shape index (κ3) is 7.20. The monoisotopic (exact) mass is 320 g/mol. The van der Waals surface area contributed by atoms with E-state index in [1.807, 2.05) is 0 Å². The Balaban J connectivity index is 4.84. The highest BCUT2D eigenvalue weighted by Crippen LogP contribution is 2.07. The van der Waals surface area contributed by atoms with Crippen LogP contribution in [0.4, 0.5) is 4.79 Å². The number of nitrogens with two attached hydrogens (primary N) is 1. The maximum atomic E-state index is 12.0. The summed E-state index contributed by atoms with van der Waals surface area (Å²) in [4.78, 5) is 34.9. The van der Waals surface area contributed by atoms with E-state index in [-0.39, 0.29) is 0 Å². The molecule has 0 aromatic heterocycles. The molecule has 10 heteroatoms. The van der Waals surface area contributed by atoms with Crippen molar-refractivity contribution < 1.29 is 29.3 Å². The molecule has 3 amide bonds. The quantitative estimate of drug-likeness (QED) is 0.182. The zero-order valence-electron chi connectivity index (χ0n) is 13.0. The molecule has 0 saturated carbocycles. The van der Waals surface area contributed by atoms with Gasteiger partial charge in [-0.3, -0.25) is 15.0 Å². The summed E-state index contributed by atoms with van der Waals surface area (Å²) in [5.74, 6) is 3.22. The van der Waals surface area contributed by atoms with Gasteiger partial charge in [-0.2, -0.15) is 0 Å². The van der Waals surface area contributed by atoms with Crippen molar-refractivity contribution in [3.63, 3.8) is 0 Å². The van der Waals surface area contributed by atoms with Crippen LogP contribution in [0.25, 0.3) is 0 Å². The number of ether oxygens (including phenoxy) is 1. The summed E-state index contributed by atoms with van der Waals surface area (Å²) < 4.78 is 4.98. The van der Waals surface area contributed by atoms with Crippen LogP contribution in [0, 0.1) is 0 Å². The minimum Gasteiger partial charge on any atom is -0.444 e. The Morgan fingerprint density at radius 2 is 1.73 bits per heavy atom. The highest BCUT2D eigenvalue weighted by Gasteiger charge is 2.30. The minimum absolute atomic E-state index is 0.701. The van der Waals surface area contributed by atoms with E-state index in [2.05, 4.69) is 10.6 Å². The highest BCUT2D eigenvalue weighted by molar-refractivity contribution is 5.91. The first-order chi connectivity index (χ1) is 10.0. The van der Waals surface area contributed by atoms with Gasteiger partial charge >= 0.3 is 6.09 Å². The molecule has 0 saturated heterocycles. The van der Waals surface area contributed by atoms with Gasteiger partial charge in [0.05, 0.1) is 12.7 Å². The topological polar surface area (TPSA) is 163 Å². The Bertz CT molecular complexity index is 407. The number of carbonyl (C=O) groups is 3. The maximum Gasteiger partial charge on any atom is 0.408 e. The van der Waals surface area contributed by atoms with Crippen molar-refractivity contribution >= 4 is 17.9 Å². The average Bonchev–Trinajstić information content (AvgIpc) is 2.38. The first kappa shape index (κ1) is 20.1. The second-order valence-corrected chi connectivity index (χ2v) is 5.62. The molecule has 0 aliphatic rings. The molecular formula is C12H24N4O6. The number of hydrogen-bond acceptors (Lipinski definition) is 7. The molecule has 0 unspecified atom stereocenters. The molecule has 0 spiro atoms. The van der Waals surface area contributed by atoms with Gasteiger partial charge in [0.1, 0.15) is 17.7 Å². The summed E-state index contributed by atoms with van der Waals surface area (Å²) >= 11 is 0. The van der Waals surface area contributed by atoms with Crippen molar-refractivity contribution in [2.45, 2.75) is 51.5 Å². The van der Waals surface area contributed by atoms with Crippen LogP contribution in [0.5, 0.6) is 0 Å². The van der Waals surface area contributed by atoms with Gasteiger partial charge in [-0.25, -0.2) is 10.6 Å². The normalized spacial score (nSPS) is 15.2. The Morgan fingerprint density at radius 3 is 2.09 bits per heavy atom. The molecular weight excluding hydrogens is 296 g/mol. The Labute approximate surface area is 128 Å². The number of amides is 3. The van der Waals surface area contributed by atoms with Crippen LogP contribution in [-0.4, -0.2) is 58.5 Å². The maximum absolute atomic E-state index is 12.0. The number of alkyl carbamates (subject to hydrolysis) is 1. The summed E-state index contributed by atoms with van der Waals surface area (Å²) in [6.07, 6.45) is -2.16. The molecule has 0 fully saturated rings. The average molecular weight is 320 g/mol. The van der Waals surface area contributed by atoms with E-state index >= 15 is 0 Å². The fraction of sp³-hybridized carbons (Fsp3) is 0.750. The summed E-state index contributed by atoms with van der Waals surface area (Å²) in [5, 5.41) is 23.0. The zero-order valence-corrected chi connectivity index (χ0v) is 13.0. The highest BCUT2D eigenvalue weighted by atomic mass is 16.6. The number of nitrogens with one attached hydrogen (secondary N) is 3. The van der Waals surface area contributed by atoms with E-state index < -0.39 is 48.3 Å². The van der Waals surface area contributed by atoms with Gasteiger partial charge in [0.2, 0.25) is 5.91 Å². The van der Waals surface area contributed by atoms with E-state index in [1.165, 1.54) is 6.92 Å². The Kier molecular flexibility index (Phi) is 7.77. The molecule has 0 aromatic rings. The molecule has 22 heavy (non-hydrogen) atoms. The lowest BCUT2D eigenvalue weighted by atomic mass is 10.1. The van der Waals surface area contributed by atoms with Crippen molar-refractivity contribution in [3.05, 3.63) is 0 Å². The van der Waals surface area contributed by atoms with Crippen LogP contribution in [0.3, 0.4) is 0 Å². The van der Waals surface area contributed by atoms with E-state index in [0.717, 1.165) is 0 Å². The van der Waals surface area contributed by atoms with Crippen LogP contribution < -0.4 is 21.9 Å². The second kappa shape index (κ2) is 8.51. The van der Waals surface area contributed by atoms with Gasteiger partial charge in [0, 0.05) is 0 Å². The van der Waals surface area contributed by atoms with Gasteiger partial charge in [-0.15, -0.1) is 0 Å². The number of hydrogen-bond donors (Lipinski definition) is 6. The fourth-order valence-electron chi connectivity index (χ4n) is 1.40. The molecule has 10 nitrogen and oxygen atoms in total. The van der Waals surface area contributed by atoms with Gasteiger partial charge in [-0.05, 0) is 27.7 Å². The van der Waals surface area contributed by atoms with E-state index in [0.29, 0.717) is 0 Å². The van der Waals surface area contributed by atoms with Gasteiger partial charge in [0.15, 0.2) is 0 Å². The summed E-state index contributed by atoms with van der Waals surface area (Å²) in [6.45, 7) is 5.48. The molecule has 0 aliphatic carbocycles. The number of rotatable bonds is 6. The predicted molar refractivity (Wildman–Crippen MR) is 76.2 cm³/mol. The van der Waals surface area contributed by atoms with Gasteiger partial charge in [0.25, 0.3) is 5.91 Å². The van der Waals surface area contributed by atoms with Crippen LogP contribution in [0.1, 0.15) is 27.7 Å². The summed E-state index contributed by atoms with van der Waals surface area (Å²) in [7, 11) is 0. The van der Waals surface area contributed by atoms with Gasteiger partial charge in [-0.1, -0.05) is 0 Å². The van der Waals surface area contributed by atoms with Gasteiger partial charge < -0.3 is 25.6 Å². The Hall–Kier alpha value is -1.91. The molecule has 0 aromatic carbocycles. The first-order valence-electron chi connectivity index (χ1n) is 6.61. The lowest BCUT2D eigenvalue weighted by Gasteiger charge is -2.25. The van der Waals surface area contributed by atoms with Crippen molar-refractivity contribution in [2.24, 2.45) is 5.84 Å². The number of carbonyl (C=O) groups excluding carboxylic acids is 3. The summed E-state index contributed by atoms with van der Waals surface area (Å²) in [5.41, 5.74) is 0.992. The molecule has 7 N–H and O–H groups in total. The third-order valence-electron chi connectivity index (χ3n) is 2.39. The van der Waals surface area contributed by atoms with Crippen LogP contribution in [-0.2, 0) is 14.3 Å². The molecule has 0 heterocycles. The standard InChI is InChI=1S/C12H24N4O6/c1-6(18)8(15-11(21)22-12(2,3)4)10(20)14-7(5-17)9(19)16-13/h6-8,17-18H,5,13H2,1-4H3,(H,14,20)(H,15,21)(H,16,19)/t6-,7+,8+/m1/s1. The Morgan fingerprint density at radius 1 is 1.18 bits per heavy atom. The molecule has 0 bridgehead atoms. The van der Waals surface area contributed by atoms with Crippen molar-refractivity contribution in [2.75, 3.05) is 6.61 Å². The second-order valence-electron chi connectivity index (χ2n) is 5.62. The molecule has 3 atom stereocenters. The molecule has 0 radical (unpaired) electrons. The smallest absolute Gasteiger partial charge is 0.408 e. The number of aliphatic hydroxyl groups excluding tert-OH is 2. The molecule has 128 valence electrons. The SMILES string of the molecule is C[C@@H](O)[C@H](NC(=O)OC(C)(C)C)C(=O)N[C@@H](CO)C(=O)NN. The third-order valence-corrected chi connectivity index (χ3v) is 2.39. The lowest BCUT2D eigenvalue weighted by Crippen LogP contribution is -2.58. The van der Waals surface area contributed by atoms with E-state index in [4.69, 9.17) is 15.7 Å². The first-order valence-corrected chi connectivity index (χ1v) is 6.61. The number of hydrazine groups is 1. The van der Waals surface area contributed by atoms with Crippen LogP contribution in [0.15, 0.2) is 0 Å². The van der Waals surface area contributed by atoms with E-state index in [1.54, 1.807) is 26.2 Å². The summed E-state index contributed by atoms with van der Waals surface area (Å²) in [6, 6.07) is -2.67. The largest absolute Gasteiger partial charge is 0.444 e. The van der Waals surface area contributed by atoms with Crippen molar-refractivity contribution in [1.82, 2.24) is 16.1 Å². The lowest BCUT2D eigenvalue weighted by molar-refractivity contribution is -0.132. The molecule has 0 rings (SSSR count). The van der Waals surface area contributed by atoms with Crippen molar-refractivity contribution in [3.8, 4) is 0 Å². The predicted octanol–water partition coefficient (Wildman–Crippen LogP) is -2.27. The molecule has 0 aliphatic heterocycles. The van der Waals surface area contributed by atoms with Crippen LogP contribution in [0.2, 0.25) is 0 Å². The van der Waals surface area contributed by atoms with Crippen LogP contribution >= 0.6 is 0 Å². The van der Waals surface area contributed by atoms with E-state index in [9.17, 15) is 19.5 Å². The van der Waals surface area contributed by atoms with Crippen molar-refractivity contribution in [1.29, 1.82) is 0 Å². The fourth-order valence-corrected chi connectivity index (χ4v) is 1.40. The number of aliphatic hydroxyl groups is 2. The zero-order chi connectivity index (χ0) is 17.5.